The summed E-state index contributed by atoms with van der Waals surface area (Å²) in [5, 5.41) is 0. The normalized spacial score (nSPS) is 39.1. The fourth-order valence-corrected chi connectivity index (χ4v) is 2.77. The molecule has 2 N–H and O–H groups in total. The molecule has 3 unspecified atom stereocenters. The van der Waals surface area contributed by atoms with Crippen molar-refractivity contribution in [2.75, 3.05) is 6.54 Å². The van der Waals surface area contributed by atoms with Crippen LogP contribution in [0.2, 0.25) is 0 Å². The number of nitrogens with zero attached hydrogens (tertiary/aromatic N) is 1. The van der Waals surface area contributed by atoms with Gasteiger partial charge < -0.3 is 10.6 Å². The van der Waals surface area contributed by atoms with Gasteiger partial charge in [0.05, 0.1) is 6.04 Å². The number of likely N-dealkylation sites (tertiary alicyclic amines) is 1. The van der Waals surface area contributed by atoms with Crippen molar-refractivity contribution in [3.05, 3.63) is 0 Å². The van der Waals surface area contributed by atoms with Crippen LogP contribution in [-0.2, 0) is 4.79 Å². The zero-order chi connectivity index (χ0) is 10.1. The van der Waals surface area contributed by atoms with Gasteiger partial charge >= 0.3 is 0 Å². The van der Waals surface area contributed by atoms with E-state index in [0.29, 0.717) is 6.04 Å². The summed E-state index contributed by atoms with van der Waals surface area (Å²) in [7, 11) is 0. The minimum atomic E-state index is -0.216. The van der Waals surface area contributed by atoms with Crippen molar-refractivity contribution in [3.63, 3.8) is 0 Å². The molecule has 1 aliphatic carbocycles. The van der Waals surface area contributed by atoms with Crippen molar-refractivity contribution in [2.24, 2.45) is 11.7 Å². The molecule has 2 aliphatic rings. The molecule has 2 rings (SSSR count). The third kappa shape index (κ3) is 1.78. The Labute approximate surface area is 85.6 Å². The van der Waals surface area contributed by atoms with Crippen LogP contribution in [0.3, 0.4) is 0 Å². The molecule has 1 heterocycles. The highest BCUT2D eigenvalue weighted by Gasteiger charge is 2.35. The van der Waals surface area contributed by atoms with E-state index in [1.54, 1.807) is 0 Å². The Hall–Kier alpha value is -0.570. The maximum absolute atomic E-state index is 11.7. The van der Waals surface area contributed by atoms with Crippen LogP contribution in [0.15, 0.2) is 0 Å². The maximum atomic E-state index is 11.7. The topological polar surface area (TPSA) is 46.3 Å². The number of nitrogens with two attached hydrogens (primary N) is 1. The van der Waals surface area contributed by atoms with Crippen LogP contribution in [0.1, 0.15) is 39.0 Å². The van der Waals surface area contributed by atoms with Gasteiger partial charge in [0.1, 0.15) is 0 Å². The molecule has 0 radical (unpaired) electrons. The summed E-state index contributed by atoms with van der Waals surface area (Å²) in [5.41, 5.74) is 5.72. The minimum Gasteiger partial charge on any atom is -0.338 e. The van der Waals surface area contributed by atoms with E-state index in [9.17, 15) is 4.79 Å². The molecule has 0 spiro atoms. The summed E-state index contributed by atoms with van der Waals surface area (Å²) < 4.78 is 0. The number of carbonyl (C=O) groups excluding carboxylic acids is 1. The van der Waals surface area contributed by atoms with E-state index in [1.165, 1.54) is 25.7 Å². The van der Waals surface area contributed by atoms with E-state index >= 15 is 0 Å². The molecule has 1 aliphatic heterocycles. The van der Waals surface area contributed by atoms with Gasteiger partial charge in [0.2, 0.25) is 5.91 Å². The molecule has 0 aromatic carbocycles. The van der Waals surface area contributed by atoms with Crippen molar-refractivity contribution in [2.45, 2.75) is 51.1 Å². The summed E-state index contributed by atoms with van der Waals surface area (Å²) in [6.45, 7) is 3.17. The van der Waals surface area contributed by atoms with Crippen LogP contribution in [0, 0.1) is 5.92 Å². The largest absolute Gasteiger partial charge is 0.338 e. The highest BCUT2D eigenvalue weighted by atomic mass is 16.2. The van der Waals surface area contributed by atoms with Gasteiger partial charge in [0.15, 0.2) is 0 Å². The molecule has 3 atom stereocenters. The molecule has 14 heavy (non-hydrogen) atoms. The predicted molar refractivity (Wildman–Crippen MR) is 55.7 cm³/mol. The first-order valence-electron chi connectivity index (χ1n) is 5.74. The molecule has 1 saturated heterocycles. The molecule has 1 saturated carbocycles. The van der Waals surface area contributed by atoms with E-state index in [2.05, 4.69) is 6.92 Å². The Morgan fingerprint density at radius 1 is 1.36 bits per heavy atom. The molecular weight excluding hydrogens is 176 g/mol. The second-order valence-electron chi connectivity index (χ2n) is 4.85. The second-order valence-corrected chi connectivity index (χ2v) is 4.85. The molecule has 3 heteroatoms. The summed E-state index contributed by atoms with van der Waals surface area (Å²) in [6, 6.07) is 0.270. The van der Waals surface area contributed by atoms with Gasteiger partial charge in [-0.05, 0) is 25.2 Å². The highest BCUT2D eigenvalue weighted by Crippen LogP contribution is 2.29. The van der Waals surface area contributed by atoms with Crippen LogP contribution in [0.25, 0.3) is 0 Å². The molecule has 2 fully saturated rings. The zero-order valence-corrected chi connectivity index (χ0v) is 8.91. The number of rotatable bonds is 1. The lowest BCUT2D eigenvalue weighted by molar-refractivity contribution is -0.131. The molecular formula is C11H20N2O. The minimum absolute atomic E-state index is 0.184. The Kier molecular flexibility index (Phi) is 2.77. The number of carbonyl (C=O) groups is 1. The molecule has 1 amide bonds. The van der Waals surface area contributed by atoms with E-state index in [1.807, 2.05) is 4.90 Å². The third-order valence-electron chi connectivity index (χ3n) is 3.63. The molecule has 0 aromatic heterocycles. The first kappa shape index (κ1) is 9.97. The van der Waals surface area contributed by atoms with Gasteiger partial charge in [-0.3, -0.25) is 4.79 Å². The SMILES string of the molecule is CC1CCCC(N2CCC(N)C2=O)C1. The van der Waals surface area contributed by atoms with Gasteiger partial charge in [-0.25, -0.2) is 0 Å². The van der Waals surface area contributed by atoms with Gasteiger partial charge in [0.25, 0.3) is 0 Å². The Morgan fingerprint density at radius 2 is 2.14 bits per heavy atom. The first-order valence-corrected chi connectivity index (χ1v) is 5.74. The summed E-state index contributed by atoms with van der Waals surface area (Å²) in [5.74, 6) is 0.961. The van der Waals surface area contributed by atoms with Crippen molar-refractivity contribution >= 4 is 5.91 Å². The van der Waals surface area contributed by atoms with E-state index in [0.717, 1.165) is 18.9 Å². The van der Waals surface area contributed by atoms with Crippen LogP contribution >= 0.6 is 0 Å². The number of hydrogen-bond donors (Lipinski definition) is 1. The average Bonchev–Trinajstić information content (AvgIpc) is 2.48. The van der Waals surface area contributed by atoms with Crippen LogP contribution in [0.5, 0.6) is 0 Å². The van der Waals surface area contributed by atoms with Crippen molar-refractivity contribution in [1.29, 1.82) is 0 Å². The average molecular weight is 196 g/mol. The summed E-state index contributed by atoms with van der Waals surface area (Å²) in [6.07, 6.45) is 5.81. The van der Waals surface area contributed by atoms with Crippen LogP contribution in [0.4, 0.5) is 0 Å². The Balaban J connectivity index is 1.97. The van der Waals surface area contributed by atoms with Crippen molar-refractivity contribution < 1.29 is 4.79 Å². The monoisotopic (exact) mass is 196 g/mol. The smallest absolute Gasteiger partial charge is 0.239 e. The predicted octanol–water partition coefficient (Wildman–Crippen LogP) is 1.12. The van der Waals surface area contributed by atoms with Crippen LogP contribution < -0.4 is 5.73 Å². The zero-order valence-electron chi connectivity index (χ0n) is 8.91. The first-order chi connectivity index (χ1) is 6.68. The van der Waals surface area contributed by atoms with Gasteiger partial charge in [-0.1, -0.05) is 19.8 Å². The highest BCUT2D eigenvalue weighted by molar-refractivity contribution is 5.84. The summed E-state index contributed by atoms with van der Waals surface area (Å²) >= 11 is 0. The van der Waals surface area contributed by atoms with Crippen molar-refractivity contribution in [3.8, 4) is 0 Å². The molecule has 0 aromatic rings. The Bertz CT molecular complexity index is 229. The lowest BCUT2D eigenvalue weighted by Gasteiger charge is -2.34. The number of amides is 1. The quantitative estimate of drug-likeness (QED) is 0.683. The van der Waals surface area contributed by atoms with E-state index in [-0.39, 0.29) is 11.9 Å². The van der Waals surface area contributed by atoms with Gasteiger partial charge in [-0.2, -0.15) is 0 Å². The summed E-state index contributed by atoms with van der Waals surface area (Å²) in [4.78, 5) is 13.7. The molecule has 80 valence electrons. The van der Waals surface area contributed by atoms with Crippen LogP contribution in [-0.4, -0.2) is 29.4 Å². The van der Waals surface area contributed by atoms with Crippen molar-refractivity contribution in [1.82, 2.24) is 4.90 Å². The molecule has 0 bridgehead atoms. The van der Waals surface area contributed by atoms with Gasteiger partial charge in [-0.15, -0.1) is 0 Å². The van der Waals surface area contributed by atoms with Gasteiger partial charge in [0, 0.05) is 12.6 Å². The second kappa shape index (κ2) is 3.89. The standard InChI is InChI=1S/C11H20N2O/c1-8-3-2-4-9(7-8)13-6-5-10(12)11(13)14/h8-10H,2-7,12H2,1H3. The lowest BCUT2D eigenvalue weighted by atomic mass is 9.86. The lowest BCUT2D eigenvalue weighted by Crippen LogP contribution is -2.42. The van der Waals surface area contributed by atoms with E-state index < -0.39 is 0 Å². The van der Waals surface area contributed by atoms with E-state index in [4.69, 9.17) is 5.73 Å². The third-order valence-corrected chi connectivity index (χ3v) is 3.63. The Morgan fingerprint density at radius 3 is 2.71 bits per heavy atom. The fraction of sp³-hybridized carbons (Fsp3) is 0.909. The molecule has 3 nitrogen and oxygen atoms in total. The number of hydrogen-bond acceptors (Lipinski definition) is 2. The fourth-order valence-electron chi connectivity index (χ4n) is 2.77. The maximum Gasteiger partial charge on any atom is 0.239 e.